The molecule has 0 N–H and O–H groups in total. The Morgan fingerprint density at radius 3 is 2.65 bits per heavy atom. The molecule has 1 aromatic heterocycles. The van der Waals surface area contributed by atoms with Crippen molar-refractivity contribution in [2.24, 2.45) is 0 Å². The number of aryl methyl sites for hydroxylation is 1. The molecular formula is C19H29N5O2. The molecule has 142 valence electrons. The molecule has 0 bridgehead atoms. The molecule has 0 atom stereocenters. The lowest BCUT2D eigenvalue weighted by molar-refractivity contribution is 0.133. The molecule has 0 amide bonds. The van der Waals surface area contributed by atoms with E-state index in [2.05, 4.69) is 44.0 Å². The summed E-state index contributed by atoms with van der Waals surface area (Å²) >= 11 is 0. The molecule has 1 saturated heterocycles. The predicted octanol–water partition coefficient (Wildman–Crippen LogP) is 1.64. The van der Waals surface area contributed by atoms with Crippen LogP contribution in [0.5, 0.6) is 5.75 Å². The molecule has 26 heavy (non-hydrogen) atoms. The number of aromatic nitrogens is 2. The van der Waals surface area contributed by atoms with Crippen molar-refractivity contribution in [3.63, 3.8) is 0 Å². The number of hydrogen-bond donors (Lipinski definition) is 0. The van der Waals surface area contributed by atoms with E-state index in [4.69, 9.17) is 9.26 Å². The van der Waals surface area contributed by atoms with Crippen LogP contribution in [-0.4, -0.2) is 78.3 Å². The fourth-order valence-corrected chi connectivity index (χ4v) is 3.13. The molecule has 2 heterocycles. The van der Waals surface area contributed by atoms with E-state index in [0.29, 0.717) is 24.9 Å². The molecule has 2 aromatic rings. The summed E-state index contributed by atoms with van der Waals surface area (Å²) in [5.41, 5.74) is 1.17. The highest BCUT2D eigenvalue weighted by Crippen LogP contribution is 2.20. The van der Waals surface area contributed by atoms with Crippen molar-refractivity contribution in [2.45, 2.75) is 20.0 Å². The van der Waals surface area contributed by atoms with Crippen LogP contribution in [0.1, 0.15) is 17.3 Å². The predicted molar refractivity (Wildman–Crippen MR) is 100 cm³/mol. The summed E-state index contributed by atoms with van der Waals surface area (Å²) in [6.07, 6.45) is 0. The molecule has 0 aliphatic carbocycles. The van der Waals surface area contributed by atoms with Gasteiger partial charge in [-0.05, 0) is 20.2 Å². The van der Waals surface area contributed by atoms with E-state index in [9.17, 15) is 0 Å². The maximum atomic E-state index is 6.09. The quantitative estimate of drug-likeness (QED) is 0.710. The number of rotatable bonds is 8. The normalized spacial score (nSPS) is 16.3. The first-order chi connectivity index (χ1) is 12.6. The highest BCUT2D eigenvalue weighted by atomic mass is 16.5. The Balaban J connectivity index is 1.49. The summed E-state index contributed by atoms with van der Waals surface area (Å²) in [6, 6.07) is 8.24. The number of para-hydroxylation sites is 1. The zero-order valence-electron chi connectivity index (χ0n) is 16.0. The lowest BCUT2D eigenvalue weighted by atomic mass is 10.2. The van der Waals surface area contributed by atoms with Crippen molar-refractivity contribution >= 4 is 0 Å². The van der Waals surface area contributed by atoms with Crippen LogP contribution >= 0.6 is 0 Å². The summed E-state index contributed by atoms with van der Waals surface area (Å²) < 4.78 is 11.1. The topological polar surface area (TPSA) is 57.9 Å². The Bertz CT molecular complexity index is 682. The van der Waals surface area contributed by atoms with Gasteiger partial charge in [-0.1, -0.05) is 23.4 Å². The molecule has 1 aromatic carbocycles. The van der Waals surface area contributed by atoms with Gasteiger partial charge >= 0.3 is 0 Å². The Morgan fingerprint density at radius 1 is 1.15 bits per heavy atom. The zero-order valence-corrected chi connectivity index (χ0v) is 16.0. The summed E-state index contributed by atoms with van der Waals surface area (Å²) in [5, 5.41) is 3.96. The highest BCUT2D eigenvalue weighted by Gasteiger charge is 2.14. The molecule has 0 radical (unpaired) electrons. The summed E-state index contributed by atoms with van der Waals surface area (Å²) in [6.45, 7) is 9.43. The van der Waals surface area contributed by atoms with E-state index in [1.807, 2.05) is 19.2 Å². The van der Waals surface area contributed by atoms with Gasteiger partial charge in [-0.3, -0.25) is 9.80 Å². The fourth-order valence-electron chi connectivity index (χ4n) is 3.13. The molecule has 0 saturated carbocycles. The second-order valence-electron chi connectivity index (χ2n) is 7.00. The van der Waals surface area contributed by atoms with Crippen LogP contribution < -0.4 is 4.74 Å². The van der Waals surface area contributed by atoms with E-state index < -0.39 is 0 Å². The molecule has 0 unspecified atom stereocenters. The molecule has 1 aliphatic heterocycles. The molecular weight excluding hydrogens is 330 g/mol. The first kappa shape index (κ1) is 18.8. The minimum atomic E-state index is 0.598. The van der Waals surface area contributed by atoms with Crippen LogP contribution in [0.15, 0.2) is 28.8 Å². The van der Waals surface area contributed by atoms with Gasteiger partial charge in [0.05, 0.1) is 6.54 Å². The summed E-state index contributed by atoms with van der Waals surface area (Å²) in [5.74, 6) is 2.26. The average Bonchev–Trinajstić information content (AvgIpc) is 3.03. The minimum Gasteiger partial charge on any atom is -0.492 e. The number of piperazine rings is 1. The van der Waals surface area contributed by atoms with Crippen LogP contribution in [0.3, 0.4) is 0 Å². The second-order valence-corrected chi connectivity index (χ2v) is 7.00. The third-order valence-electron chi connectivity index (χ3n) is 4.65. The maximum absolute atomic E-state index is 6.09. The van der Waals surface area contributed by atoms with E-state index >= 15 is 0 Å². The maximum Gasteiger partial charge on any atom is 0.223 e. The van der Waals surface area contributed by atoms with Crippen molar-refractivity contribution in [2.75, 3.05) is 53.4 Å². The van der Waals surface area contributed by atoms with Crippen LogP contribution in [0.25, 0.3) is 0 Å². The summed E-state index contributed by atoms with van der Waals surface area (Å²) in [7, 11) is 4.23. The molecule has 0 spiro atoms. The van der Waals surface area contributed by atoms with Crippen molar-refractivity contribution < 1.29 is 9.26 Å². The Labute approximate surface area is 155 Å². The number of ether oxygens (including phenoxy) is 1. The van der Waals surface area contributed by atoms with Crippen molar-refractivity contribution in [1.29, 1.82) is 0 Å². The lowest BCUT2D eigenvalue weighted by Gasteiger charge is -2.32. The Kier molecular flexibility index (Phi) is 6.60. The van der Waals surface area contributed by atoms with Crippen molar-refractivity contribution in [1.82, 2.24) is 24.8 Å². The third kappa shape index (κ3) is 5.52. The third-order valence-corrected chi connectivity index (χ3v) is 4.65. The fraction of sp³-hybridized carbons (Fsp3) is 0.579. The monoisotopic (exact) mass is 359 g/mol. The van der Waals surface area contributed by atoms with E-state index in [-0.39, 0.29) is 0 Å². The average molecular weight is 359 g/mol. The number of benzene rings is 1. The molecule has 7 heteroatoms. The zero-order chi connectivity index (χ0) is 18.4. The molecule has 1 fully saturated rings. The number of hydrogen-bond acceptors (Lipinski definition) is 7. The lowest BCUT2D eigenvalue weighted by Crippen LogP contribution is -2.45. The molecule has 1 aliphatic rings. The molecule has 3 rings (SSSR count). The second kappa shape index (κ2) is 9.12. The van der Waals surface area contributed by atoms with Gasteiger partial charge in [0.1, 0.15) is 12.4 Å². The SMILES string of the molecule is Cc1nc(CN(C)Cc2ccccc2OCCN2CCN(C)CC2)no1. The van der Waals surface area contributed by atoms with Gasteiger partial charge in [-0.25, -0.2) is 0 Å². The highest BCUT2D eigenvalue weighted by molar-refractivity contribution is 5.33. The summed E-state index contributed by atoms with van der Waals surface area (Å²) in [4.78, 5) is 11.3. The van der Waals surface area contributed by atoms with Gasteiger partial charge in [0, 0.05) is 51.8 Å². The first-order valence-corrected chi connectivity index (χ1v) is 9.19. The molecule has 7 nitrogen and oxygen atoms in total. The van der Waals surface area contributed by atoms with Gasteiger partial charge in [-0.2, -0.15) is 4.98 Å². The van der Waals surface area contributed by atoms with E-state index in [1.54, 1.807) is 6.92 Å². The number of nitrogens with zero attached hydrogens (tertiary/aromatic N) is 5. The van der Waals surface area contributed by atoms with Gasteiger partial charge in [0.15, 0.2) is 5.82 Å². The number of likely N-dealkylation sites (N-methyl/N-ethyl adjacent to an activating group) is 1. The van der Waals surface area contributed by atoms with Crippen LogP contribution in [0.4, 0.5) is 0 Å². The van der Waals surface area contributed by atoms with Crippen LogP contribution in [0.2, 0.25) is 0 Å². The largest absolute Gasteiger partial charge is 0.492 e. The van der Waals surface area contributed by atoms with Gasteiger partial charge in [0.25, 0.3) is 0 Å². The smallest absolute Gasteiger partial charge is 0.223 e. The van der Waals surface area contributed by atoms with Crippen molar-refractivity contribution in [3.8, 4) is 5.75 Å². The van der Waals surface area contributed by atoms with E-state index in [1.165, 1.54) is 5.56 Å². The van der Waals surface area contributed by atoms with Gasteiger partial charge in [0.2, 0.25) is 5.89 Å². The Morgan fingerprint density at radius 2 is 1.92 bits per heavy atom. The minimum absolute atomic E-state index is 0.598. The van der Waals surface area contributed by atoms with Gasteiger partial charge < -0.3 is 14.2 Å². The van der Waals surface area contributed by atoms with Gasteiger partial charge in [-0.15, -0.1) is 0 Å². The standard InChI is InChI=1S/C19H29N5O2/c1-16-20-19(21-26-16)15-23(3)14-17-6-4-5-7-18(17)25-13-12-24-10-8-22(2)9-11-24/h4-7H,8-15H2,1-3H3. The first-order valence-electron chi connectivity index (χ1n) is 9.19. The van der Waals surface area contributed by atoms with Crippen molar-refractivity contribution in [3.05, 3.63) is 41.5 Å². The van der Waals surface area contributed by atoms with E-state index in [0.717, 1.165) is 45.0 Å². The van der Waals surface area contributed by atoms with Crippen LogP contribution in [0, 0.1) is 6.92 Å². The Hall–Kier alpha value is -1.96. The van der Waals surface area contributed by atoms with Crippen LogP contribution in [-0.2, 0) is 13.1 Å².